The maximum Gasteiger partial charge on any atom is 0.321 e. The smallest absolute Gasteiger partial charge is 0.321 e. The van der Waals surface area contributed by atoms with Crippen LogP contribution in [0.25, 0.3) is 0 Å². The number of rotatable bonds is 8. The van der Waals surface area contributed by atoms with E-state index in [4.69, 9.17) is 9.47 Å². The van der Waals surface area contributed by atoms with Gasteiger partial charge in [0.15, 0.2) is 0 Å². The first-order valence-corrected chi connectivity index (χ1v) is 10.2. The van der Waals surface area contributed by atoms with Crippen LogP contribution >= 0.6 is 11.3 Å². The molecule has 0 spiro atoms. The van der Waals surface area contributed by atoms with E-state index in [1.54, 1.807) is 29.8 Å². The highest BCUT2D eigenvalue weighted by Gasteiger charge is 2.20. The van der Waals surface area contributed by atoms with E-state index in [1.807, 2.05) is 12.1 Å². The summed E-state index contributed by atoms with van der Waals surface area (Å²) in [5.74, 6) is 0.756. The predicted molar refractivity (Wildman–Crippen MR) is 106 cm³/mol. The Morgan fingerprint density at radius 2 is 2.00 bits per heavy atom. The molecule has 0 amide bonds. The minimum absolute atomic E-state index is 0.334. The lowest BCUT2D eigenvalue weighted by atomic mass is 10.1. The molecule has 3 aromatic rings. The van der Waals surface area contributed by atoms with Gasteiger partial charge < -0.3 is 9.47 Å². The Bertz CT molecular complexity index is 820. The molecule has 27 heavy (non-hydrogen) atoms. The van der Waals surface area contributed by atoms with Crippen molar-refractivity contribution in [1.82, 2.24) is 14.9 Å². The zero-order valence-electron chi connectivity index (χ0n) is 15.2. The Morgan fingerprint density at radius 3 is 2.78 bits per heavy atom. The lowest BCUT2D eigenvalue weighted by Crippen LogP contribution is -2.31. The summed E-state index contributed by atoms with van der Waals surface area (Å²) in [5.41, 5.74) is 2.56. The fourth-order valence-corrected chi connectivity index (χ4v) is 3.97. The molecule has 1 saturated heterocycles. The molecule has 1 fully saturated rings. The normalized spacial score (nSPS) is 16.7. The van der Waals surface area contributed by atoms with Crippen LogP contribution in [0.3, 0.4) is 0 Å². The quantitative estimate of drug-likeness (QED) is 0.574. The SMILES string of the molecule is c1cnc(Oc2cccc(CN(Cc3ccsc3)C[C@@H]3CCCO3)c2)nc1. The van der Waals surface area contributed by atoms with Gasteiger partial charge in [-0.3, -0.25) is 4.90 Å². The van der Waals surface area contributed by atoms with E-state index in [2.05, 4.69) is 43.8 Å². The molecule has 6 heteroatoms. The molecule has 0 aliphatic carbocycles. The summed E-state index contributed by atoms with van der Waals surface area (Å²) in [7, 11) is 0. The fourth-order valence-electron chi connectivity index (χ4n) is 3.31. The van der Waals surface area contributed by atoms with Gasteiger partial charge in [-0.15, -0.1) is 0 Å². The first-order chi connectivity index (χ1) is 13.3. The molecule has 1 aromatic carbocycles. The monoisotopic (exact) mass is 381 g/mol. The van der Waals surface area contributed by atoms with Gasteiger partial charge in [-0.1, -0.05) is 12.1 Å². The van der Waals surface area contributed by atoms with Crippen LogP contribution in [0.4, 0.5) is 0 Å². The largest absolute Gasteiger partial charge is 0.424 e. The molecule has 3 heterocycles. The predicted octanol–water partition coefficient (Wildman–Crippen LogP) is 4.51. The number of thiophene rings is 1. The van der Waals surface area contributed by atoms with Crippen molar-refractivity contribution in [3.05, 3.63) is 70.7 Å². The van der Waals surface area contributed by atoms with Gasteiger partial charge in [-0.05, 0) is 59.0 Å². The van der Waals surface area contributed by atoms with Crippen molar-refractivity contribution >= 4 is 11.3 Å². The number of hydrogen-bond donors (Lipinski definition) is 0. The van der Waals surface area contributed by atoms with Crippen LogP contribution in [0.15, 0.2) is 59.6 Å². The summed E-state index contributed by atoms with van der Waals surface area (Å²) < 4.78 is 11.6. The number of ether oxygens (including phenoxy) is 2. The molecule has 0 unspecified atom stereocenters. The number of hydrogen-bond acceptors (Lipinski definition) is 6. The average Bonchev–Trinajstić information content (AvgIpc) is 3.37. The van der Waals surface area contributed by atoms with E-state index >= 15 is 0 Å². The third kappa shape index (κ3) is 5.35. The number of nitrogens with zero attached hydrogens (tertiary/aromatic N) is 3. The van der Waals surface area contributed by atoms with Crippen LogP contribution in [-0.4, -0.2) is 34.1 Å². The van der Waals surface area contributed by atoms with Crippen molar-refractivity contribution < 1.29 is 9.47 Å². The minimum Gasteiger partial charge on any atom is -0.424 e. The lowest BCUT2D eigenvalue weighted by Gasteiger charge is -2.25. The summed E-state index contributed by atoms with van der Waals surface area (Å²) in [6.07, 6.45) is 6.00. The maximum atomic E-state index is 5.86. The summed E-state index contributed by atoms with van der Waals surface area (Å²) in [6.45, 7) is 3.61. The van der Waals surface area contributed by atoms with Crippen molar-refractivity contribution in [2.24, 2.45) is 0 Å². The Kier molecular flexibility index (Phi) is 6.09. The second kappa shape index (κ2) is 9.08. The molecule has 1 atom stereocenters. The van der Waals surface area contributed by atoms with Gasteiger partial charge >= 0.3 is 6.01 Å². The molecular weight excluding hydrogens is 358 g/mol. The van der Waals surface area contributed by atoms with Gasteiger partial charge in [0.05, 0.1) is 6.10 Å². The Hall–Kier alpha value is -2.28. The minimum atomic E-state index is 0.334. The van der Waals surface area contributed by atoms with Crippen molar-refractivity contribution in [1.29, 1.82) is 0 Å². The first kappa shape index (κ1) is 18.1. The average molecular weight is 382 g/mol. The van der Waals surface area contributed by atoms with E-state index in [1.165, 1.54) is 11.1 Å². The van der Waals surface area contributed by atoms with Crippen LogP contribution in [-0.2, 0) is 17.8 Å². The van der Waals surface area contributed by atoms with Crippen LogP contribution in [0.1, 0.15) is 24.0 Å². The summed E-state index contributed by atoms with van der Waals surface area (Å²) in [4.78, 5) is 10.7. The Balaban J connectivity index is 1.45. The number of benzene rings is 1. The second-order valence-electron chi connectivity index (χ2n) is 6.72. The highest BCUT2D eigenvalue weighted by Crippen LogP contribution is 2.22. The van der Waals surface area contributed by atoms with E-state index in [9.17, 15) is 0 Å². The van der Waals surface area contributed by atoms with Crippen LogP contribution in [0, 0.1) is 0 Å². The standard InChI is InChI=1S/C21H23N3O2S/c1-4-17(12-19(5-1)26-21-22-8-3-9-23-21)13-24(14-18-7-11-27-16-18)15-20-6-2-10-25-20/h1,3-5,7-9,11-12,16,20H,2,6,10,13-15H2/t20-/m0/s1. The molecule has 0 radical (unpaired) electrons. The van der Waals surface area contributed by atoms with Crippen LogP contribution in [0.2, 0.25) is 0 Å². The van der Waals surface area contributed by atoms with Crippen molar-refractivity contribution in [3.8, 4) is 11.8 Å². The van der Waals surface area contributed by atoms with Gasteiger partial charge in [-0.2, -0.15) is 11.3 Å². The summed E-state index contributed by atoms with van der Waals surface area (Å²) >= 11 is 1.74. The number of aromatic nitrogens is 2. The van der Waals surface area contributed by atoms with E-state index < -0.39 is 0 Å². The summed E-state index contributed by atoms with van der Waals surface area (Å²) in [6, 6.07) is 12.5. The summed E-state index contributed by atoms with van der Waals surface area (Å²) in [5, 5.41) is 4.35. The molecule has 5 nitrogen and oxygen atoms in total. The zero-order valence-corrected chi connectivity index (χ0v) is 16.0. The highest BCUT2D eigenvalue weighted by molar-refractivity contribution is 7.07. The van der Waals surface area contributed by atoms with Gasteiger partial charge in [0, 0.05) is 38.6 Å². The highest BCUT2D eigenvalue weighted by atomic mass is 32.1. The molecule has 4 rings (SSSR count). The van der Waals surface area contributed by atoms with Crippen LogP contribution < -0.4 is 4.74 Å². The van der Waals surface area contributed by atoms with Crippen molar-refractivity contribution in [2.45, 2.75) is 32.0 Å². The molecule has 0 N–H and O–H groups in total. The van der Waals surface area contributed by atoms with Crippen LogP contribution in [0.5, 0.6) is 11.8 Å². The van der Waals surface area contributed by atoms with E-state index in [0.717, 1.165) is 44.8 Å². The second-order valence-corrected chi connectivity index (χ2v) is 7.50. The van der Waals surface area contributed by atoms with Gasteiger partial charge in [-0.25, -0.2) is 9.97 Å². The zero-order chi connectivity index (χ0) is 18.3. The molecule has 1 aliphatic rings. The molecule has 140 valence electrons. The van der Waals surface area contributed by atoms with Gasteiger partial charge in [0.2, 0.25) is 0 Å². The Labute approximate surface area is 163 Å². The van der Waals surface area contributed by atoms with E-state index in [-0.39, 0.29) is 0 Å². The third-order valence-electron chi connectivity index (χ3n) is 4.53. The van der Waals surface area contributed by atoms with Crippen molar-refractivity contribution in [2.75, 3.05) is 13.2 Å². The Morgan fingerprint density at radius 1 is 1.11 bits per heavy atom. The van der Waals surface area contributed by atoms with E-state index in [0.29, 0.717) is 12.1 Å². The molecule has 2 aromatic heterocycles. The van der Waals surface area contributed by atoms with Crippen molar-refractivity contribution in [3.63, 3.8) is 0 Å². The lowest BCUT2D eigenvalue weighted by molar-refractivity contribution is 0.0679. The van der Waals surface area contributed by atoms with Gasteiger partial charge in [0.25, 0.3) is 0 Å². The molecular formula is C21H23N3O2S. The van der Waals surface area contributed by atoms with Gasteiger partial charge in [0.1, 0.15) is 5.75 Å². The maximum absolute atomic E-state index is 5.86. The topological polar surface area (TPSA) is 47.5 Å². The molecule has 0 saturated carbocycles. The third-order valence-corrected chi connectivity index (χ3v) is 5.26. The molecule has 0 bridgehead atoms. The first-order valence-electron chi connectivity index (χ1n) is 9.24. The molecule has 1 aliphatic heterocycles. The fraction of sp³-hybridized carbons (Fsp3) is 0.333.